The summed E-state index contributed by atoms with van der Waals surface area (Å²) in [5, 5.41) is 6.97. The number of oxazole rings is 1. The highest BCUT2D eigenvalue weighted by Crippen LogP contribution is 2.17. The fraction of sp³-hybridized carbons (Fsp3) is 0.188. The second-order valence-corrected chi connectivity index (χ2v) is 5.69. The number of rotatable bonds is 5. The second kappa shape index (κ2) is 6.76. The van der Waals surface area contributed by atoms with Crippen molar-refractivity contribution in [2.75, 3.05) is 17.2 Å². The van der Waals surface area contributed by atoms with E-state index < -0.39 is 0 Å². The summed E-state index contributed by atoms with van der Waals surface area (Å²) in [6.45, 7) is 1.84. The molecule has 0 saturated heterocycles. The number of aromatic amines is 1. The first-order valence-corrected chi connectivity index (χ1v) is 7.67. The standard InChI is InChI=1S/C16H15ClN4O3/c1-9(22)19-14-8-24-16(21-14)18-5-4-10-6-11-7-12(17)2-3-13(11)20-15(10)23/h2-3,6-8H,4-5H2,1H3,(H,18,21)(H,19,22)(H,20,23). The van der Waals surface area contributed by atoms with Crippen molar-refractivity contribution in [1.82, 2.24) is 9.97 Å². The van der Waals surface area contributed by atoms with Crippen molar-refractivity contribution in [3.63, 3.8) is 0 Å². The van der Waals surface area contributed by atoms with Crippen molar-refractivity contribution < 1.29 is 9.21 Å². The van der Waals surface area contributed by atoms with Crippen LogP contribution in [0.15, 0.2) is 39.7 Å². The number of fused-ring (bicyclic) bond motifs is 1. The molecule has 0 aliphatic rings. The largest absolute Gasteiger partial charge is 0.430 e. The summed E-state index contributed by atoms with van der Waals surface area (Å²) in [4.78, 5) is 29.9. The number of anilines is 2. The summed E-state index contributed by atoms with van der Waals surface area (Å²) in [6, 6.07) is 7.41. The van der Waals surface area contributed by atoms with Gasteiger partial charge in [-0.05, 0) is 36.1 Å². The van der Waals surface area contributed by atoms with Gasteiger partial charge in [-0.15, -0.1) is 0 Å². The maximum absolute atomic E-state index is 12.1. The topological polar surface area (TPSA) is 100 Å². The molecule has 0 bridgehead atoms. The van der Waals surface area contributed by atoms with Crippen LogP contribution < -0.4 is 16.2 Å². The van der Waals surface area contributed by atoms with E-state index in [1.807, 2.05) is 6.07 Å². The minimum Gasteiger partial charge on any atom is -0.430 e. The number of carbonyl (C=O) groups excluding carboxylic acids is 1. The monoisotopic (exact) mass is 346 g/mol. The predicted molar refractivity (Wildman–Crippen MR) is 92.6 cm³/mol. The predicted octanol–water partition coefficient (Wildman–Crippen LogP) is 2.78. The summed E-state index contributed by atoms with van der Waals surface area (Å²) < 4.78 is 5.18. The Balaban J connectivity index is 1.67. The number of aromatic nitrogens is 2. The number of pyridine rings is 1. The fourth-order valence-corrected chi connectivity index (χ4v) is 2.49. The third-order valence-electron chi connectivity index (χ3n) is 3.36. The van der Waals surface area contributed by atoms with E-state index in [-0.39, 0.29) is 17.5 Å². The number of amides is 1. The van der Waals surface area contributed by atoms with Crippen molar-refractivity contribution in [2.45, 2.75) is 13.3 Å². The van der Waals surface area contributed by atoms with Gasteiger partial charge >= 0.3 is 0 Å². The van der Waals surface area contributed by atoms with E-state index in [0.29, 0.717) is 29.4 Å². The molecule has 24 heavy (non-hydrogen) atoms. The molecule has 124 valence electrons. The van der Waals surface area contributed by atoms with Crippen molar-refractivity contribution in [1.29, 1.82) is 0 Å². The van der Waals surface area contributed by atoms with E-state index in [2.05, 4.69) is 20.6 Å². The summed E-state index contributed by atoms with van der Waals surface area (Å²) in [7, 11) is 0. The average Bonchev–Trinajstić information content (AvgIpc) is 2.95. The van der Waals surface area contributed by atoms with Gasteiger partial charge in [-0.1, -0.05) is 11.6 Å². The number of nitrogens with zero attached hydrogens (tertiary/aromatic N) is 1. The molecule has 7 nitrogen and oxygen atoms in total. The number of nitrogens with one attached hydrogen (secondary N) is 3. The normalized spacial score (nSPS) is 10.8. The number of H-pyrrole nitrogens is 1. The van der Waals surface area contributed by atoms with Crippen LogP contribution in [0.3, 0.4) is 0 Å². The molecule has 0 spiro atoms. The molecule has 0 unspecified atom stereocenters. The Bertz CT molecular complexity index is 948. The maximum Gasteiger partial charge on any atom is 0.296 e. The smallest absolute Gasteiger partial charge is 0.296 e. The van der Waals surface area contributed by atoms with E-state index in [1.54, 1.807) is 18.2 Å². The van der Waals surface area contributed by atoms with E-state index in [4.69, 9.17) is 16.0 Å². The molecule has 0 fully saturated rings. The zero-order valence-electron chi connectivity index (χ0n) is 12.9. The molecule has 3 rings (SSSR count). The fourth-order valence-electron chi connectivity index (χ4n) is 2.31. The number of hydrogen-bond acceptors (Lipinski definition) is 5. The highest BCUT2D eigenvalue weighted by molar-refractivity contribution is 6.31. The van der Waals surface area contributed by atoms with Gasteiger partial charge in [-0.25, -0.2) is 0 Å². The van der Waals surface area contributed by atoms with Crippen LogP contribution in [0.25, 0.3) is 10.9 Å². The van der Waals surface area contributed by atoms with Crippen LogP contribution in [0.2, 0.25) is 5.02 Å². The molecule has 8 heteroatoms. The highest BCUT2D eigenvalue weighted by Gasteiger charge is 2.07. The summed E-state index contributed by atoms with van der Waals surface area (Å²) >= 11 is 5.98. The van der Waals surface area contributed by atoms with Gasteiger partial charge in [0.05, 0.1) is 0 Å². The summed E-state index contributed by atoms with van der Waals surface area (Å²) in [5.74, 6) is 0.111. The van der Waals surface area contributed by atoms with Gasteiger partial charge in [0.15, 0.2) is 5.82 Å². The van der Waals surface area contributed by atoms with E-state index in [1.165, 1.54) is 13.2 Å². The quantitative estimate of drug-likeness (QED) is 0.659. The molecule has 0 saturated carbocycles. The zero-order valence-corrected chi connectivity index (χ0v) is 13.6. The Kier molecular flexibility index (Phi) is 4.52. The second-order valence-electron chi connectivity index (χ2n) is 5.25. The lowest BCUT2D eigenvalue weighted by Crippen LogP contribution is -2.16. The van der Waals surface area contributed by atoms with Crippen molar-refractivity contribution in [3.05, 3.63) is 51.5 Å². The van der Waals surface area contributed by atoms with Crippen LogP contribution in [0.5, 0.6) is 0 Å². The number of hydrogen-bond donors (Lipinski definition) is 3. The first-order chi connectivity index (χ1) is 11.5. The average molecular weight is 347 g/mol. The molecule has 1 aromatic carbocycles. The molecule has 0 aliphatic carbocycles. The SMILES string of the molecule is CC(=O)Nc1coc(NCCc2cc3cc(Cl)ccc3[nH]c2=O)n1. The Labute approximate surface area is 142 Å². The van der Waals surface area contributed by atoms with Crippen molar-refractivity contribution >= 4 is 40.2 Å². The lowest BCUT2D eigenvalue weighted by Gasteiger charge is -2.04. The Morgan fingerprint density at radius 3 is 3.00 bits per heavy atom. The third kappa shape index (κ3) is 3.75. The third-order valence-corrected chi connectivity index (χ3v) is 3.60. The lowest BCUT2D eigenvalue weighted by atomic mass is 10.1. The van der Waals surface area contributed by atoms with Gasteiger partial charge in [-0.2, -0.15) is 4.98 Å². The molecule has 3 N–H and O–H groups in total. The molecule has 2 aromatic heterocycles. The van der Waals surface area contributed by atoms with Gasteiger partial charge in [0, 0.05) is 29.6 Å². The van der Waals surface area contributed by atoms with Gasteiger partial charge in [0.1, 0.15) is 6.26 Å². The Morgan fingerprint density at radius 1 is 1.38 bits per heavy atom. The molecule has 3 aromatic rings. The van der Waals surface area contributed by atoms with E-state index in [9.17, 15) is 9.59 Å². The van der Waals surface area contributed by atoms with Gasteiger partial charge in [0.25, 0.3) is 11.6 Å². The first-order valence-electron chi connectivity index (χ1n) is 7.30. The molecule has 0 aliphatic heterocycles. The lowest BCUT2D eigenvalue weighted by molar-refractivity contribution is -0.114. The maximum atomic E-state index is 12.1. The molecular formula is C16H15ClN4O3. The number of carbonyl (C=O) groups is 1. The van der Waals surface area contributed by atoms with E-state index >= 15 is 0 Å². The van der Waals surface area contributed by atoms with Crippen LogP contribution in [0.1, 0.15) is 12.5 Å². The van der Waals surface area contributed by atoms with Crippen LogP contribution in [0, 0.1) is 0 Å². The Hall–Kier alpha value is -2.80. The summed E-state index contributed by atoms with van der Waals surface area (Å²) in [5.41, 5.74) is 1.23. The van der Waals surface area contributed by atoms with Gasteiger partial charge in [0.2, 0.25) is 5.91 Å². The molecule has 1 amide bonds. The molecule has 0 radical (unpaired) electrons. The zero-order chi connectivity index (χ0) is 17.1. The first kappa shape index (κ1) is 16.1. The van der Waals surface area contributed by atoms with Crippen LogP contribution >= 0.6 is 11.6 Å². The number of halogens is 1. The Morgan fingerprint density at radius 2 is 2.21 bits per heavy atom. The van der Waals surface area contributed by atoms with Crippen LogP contribution in [0.4, 0.5) is 11.8 Å². The summed E-state index contributed by atoms with van der Waals surface area (Å²) in [6.07, 6.45) is 1.82. The minimum absolute atomic E-state index is 0.141. The molecule has 0 atom stereocenters. The molecule has 2 heterocycles. The van der Waals surface area contributed by atoms with Crippen LogP contribution in [-0.4, -0.2) is 22.4 Å². The van der Waals surface area contributed by atoms with Crippen molar-refractivity contribution in [3.8, 4) is 0 Å². The molecular weight excluding hydrogens is 332 g/mol. The van der Waals surface area contributed by atoms with Crippen molar-refractivity contribution in [2.24, 2.45) is 0 Å². The van der Waals surface area contributed by atoms with Gasteiger partial charge in [-0.3, -0.25) is 9.59 Å². The van der Waals surface area contributed by atoms with Gasteiger partial charge < -0.3 is 20.0 Å². The van der Waals surface area contributed by atoms with Crippen LogP contribution in [-0.2, 0) is 11.2 Å². The minimum atomic E-state index is -0.226. The van der Waals surface area contributed by atoms with E-state index in [0.717, 1.165) is 10.9 Å². The highest BCUT2D eigenvalue weighted by atomic mass is 35.5. The number of benzene rings is 1.